The van der Waals surface area contributed by atoms with Crippen LogP contribution >= 0.6 is 0 Å². The van der Waals surface area contributed by atoms with Crippen molar-refractivity contribution in [1.29, 1.82) is 0 Å². The Labute approximate surface area is 176 Å². The van der Waals surface area contributed by atoms with Crippen molar-refractivity contribution in [3.05, 3.63) is 29.8 Å². The van der Waals surface area contributed by atoms with E-state index >= 15 is 0 Å². The maximum absolute atomic E-state index is 14.3. The van der Waals surface area contributed by atoms with Gasteiger partial charge in [0.15, 0.2) is 15.7 Å². The molecule has 30 heavy (non-hydrogen) atoms. The minimum Gasteiger partial charge on any atom is -0.324 e. The van der Waals surface area contributed by atoms with E-state index in [2.05, 4.69) is 20.1 Å². The fourth-order valence-electron chi connectivity index (χ4n) is 4.32. The third kappa shape index (κ3) is 4.55. The maximum Gasteiger partial charge on any atom is 0.225 e. The number of carbonyl (C=O) groups is 1. The summed E-state index contributed by atoms with van der Waals surface area (Å²) in [6.07, 6.45) is 7.12. The Kier molecular flexibility index (Phi) is 6.17. The van der Waals surface area contributed by atoms with Crippen LogP contribution in [0.3, 0.4) is 0 Å². The number of rotatable bonds is 6. The largest absolute Gasteiger partial charge is 0.324 e. The molecule has 1 aromatic carbocycles. The number of benzene rings is 1. The highest BCUT2D eigenvalue weighted by atomic mass is 32.2. The minimum absolute atomic E-state index is 0.0294. The second-order valence-electron chi connectivity index (χ2n) is 8.17. The first-order valence-electron chi connectivity index (χ1n) is 10.7. The standard InChI is InChI=1S/C21H27FN4O3S/c22-17-10-9-15(21-25-24-19-8-2-1-5-12-26(19)21)14-18(17)23-20(27)11-13-30(28,29)16-6-3-4-7-16/h9-10,14,16H,1-8,11-13H2,(H,23,27). The van der Waals surface area contributed by atoms with Gasteiger partial charge in [-0.2, -0.15) is 0 Å². The van der Waals surface area contributed by atoms with Crippen molar-refractivity contribution < 1.29 is 17.6 Å². The van der Waals surface area contributed by atoms with Crippen molar-refractivity contribution in [3.8, 4) is 11.4 Å². The fourth-order valence-corrected chi connectivity index (χ4v) is 6.18. The summed E-state index contributed by atoms with van der Waals surface area (Å²) in [4.78, 5) is 12.3. The van der Waals surface area contributed by atoms with Crippen LogP contribution < -0.4 is 5.32 Å². The van der Waals surface area contributed by atoms with E-state index in [1.165, 1.54) is 6.07 Å². The summed E-state index contributed by atoms with van der Waals surface area (Å²) in [5.74, 6) is 0.303. The highest BCUT2D eigenvalue weighted by Crippen LogP contribution is 2.28. The molecule has 1 aromatic heterocycles. The van der Waals surface area contributed by atoms with Crippen LogP contribution in [0.5, 0.6) is 0 Å². The van der Waals surface area contributed by atoms with Crippen molar-refractivity contribution in [2.75, 3.05) is 11.1 Å². The molecule has 1 fully saturated rings. The molecule has 1 N–H and O–H groups in total. The Hall–Kier alpha value is -2.29. The molecule has 0 unspecified atom stereocenters. The summed E-state index contributed by atoms with van der Waals surface area (Å²) in [5, 5.41) is 10.7. The van der Waals surface area contributed by atoms with E-state index in [4.69, 9.17) is 0 Å². The van der Waals surface area contributed by atoms with Crippen LogP contribution in [0, 0.1) is 5.82 Å². The SMILES string of the molecule is O=C(CCS(=O)(=O)C1CCCC1)Nc1cc(-c2nnc3n2CCCCC3)ccc1F. The van der Waals surface area contributed by atoms with Crippen LogP contribution in [0.4, 0.5) is 10.1 Å². The zero-order valence-corrected chi connectivity index (χ0v) is 17.8. The van der Waals surface area contributed by atoms with Gasteiger partial charge in [-0.25, -0.2) is 12.8 Å². The summed E-state index contributed by atoms with van der Waals surface area (Å²) in [5.41, 5.74) is 0.702. The van der Waals surface area contributed by atoms with Gasteiger partial charge in [-0.05, 0) is 43.9 Å². The lowest BCUT2D eigenvalue weighted by Crippen LogP contribution is -2.24. The molecule has 7 nitrogen and oxygen atoms in total. The normalized spacial score (nSPS) is 17.5. The van der Waals surface area contributed by atoms with Crippen LogP contribution in [0.2, 0.25) is 0 Å². The lowest BCUT2D eigenvalue weighted by atomic mass is 10.1. The molecular weight excluding hydrogens is 407 g/mol. The topological polar surface area (TPSA) is 93.9 Å². The van der Waals surface area contributed by atoms with Crippen LogP contribution in [0.25, 0.3) is 11.4 Å². The van der Waals surface area contributed by atoms with Gasteiger partial charge in [-0.3, -0.25) is 4.79 Å². The van der Waals surface area contributed by atoms with Crippen molar-refractivity contribution in [3.63, 3.8) is 0 Å². The number of halogens is 1. The molecule has 1 aliphatic carbocycles. The molecule has 0 radical (unpaired) electrons. The molecule has 9 heteroatoms. The van der Waals surface area contributed by atoms with Crippen LogP contribution in [0.1, 0.15) is 57.2 Å². The van der Waals surface area contributed by atoms with Gasteiger partial charge >= 0.3 is 0 Å². The zero-order valence-electron chi connectivity index (χ0n) is 16.9. The summed E-state index contributed by atoms with van der Waals surface area (Å²) >= 11 is 0. The lowest BCUT2D eigenvalue weighted by molar-refractivity contribution is -0.115. The molecule has 2 heterocycles. The third-order valence-electron chi connectivity index (χ3n) is 6.03. The predicted octanol–water partition coefficient (Wildman–Crippen LogP) is 3.50. The Morgan fingerprint density at radius 2 is 1.93 bits per heavy atom. The van der Waals surface area contributed by atoms with Crippen molar-refractivity contribution in [1.82, 2.24) is 14.8 Å². The number of aromatic nitrogens is 3. The van der Waals surface area contributed by atoms with Gasteiger partial charge in [-0.1, -0.05) is 19.3 Å². The van der Waals surface area contributed by atoms with Crippen molar-refractivity contribution in [2.24, 2.45) is 0 Å². The van der Waals surface area contributed by atoms with Gasteiger partial charge in [-0.15, -0.1) is 10.2 Å². The number of carbonyl (C=O) groups excluding carboxylic acids is 1. The predicted molar refractivity (Wildman–Crippen MR) is 112 cm³/mol. The Balaban J connectivity index is 1.46. The molecule has 0 saturated heterocycles. The van der Waals surface area contributed by atoms with E-state index in [-0.39, 0.29) is 23.1 Å². The van der Waals surface area contributed by atoms with E-state index in [0.717, 1.165) is 50.9 Å². The molecule has 2 aromatic rings. The number of anilines is 1. The molecular formula is C21H27FN4O3S. The van der Waals surface area contributed by atoms with Crippen LogP contribution in [-0.2, 0) is 27.6 Å². The number of hydrogen-bond acceptors (Lipinski definition) is 5. The van der Waals surface area contributed by atoms with E-state index in [1.807, 2.05) is 0 Å². The van der Waals surface area contributed by atoms with E-state index < -0.39 is 21.6 Å². The van der Waals surface area contributed by atoms with Gasteiger partial charge in [0.05, 0.1) is 16.7 Å². The third-order valence-corrected chi connectivity index (χ3v) is 8.29. The number of sulfone groups is 1. The Morgan fingerprint density at radius 3 is 2.73 bits per heavy atom. The number of fused-ring (bicyclic) bond motifs is 1. The van der Waals surface area contributed by atoms with Gasteiger partial charge < -0.3 is 9.88 Å². The number of nitrogens with one attached hydrogen (secondary N) is 1. The molecule has 0 bridgehead atoms. The summed E-state index contributed by atoms with van der Waals surface area (Å²) in [7, 11) is -3.29. The number of nitrogens with zero attached hydrogens (tertiary/aromatic N) is 3. The molecule has 1 amide bonds. The molecule has 162 valence electrons. The van der Waals surface area contributed by atoms with Crippen molar-refractivity contribution >= 4 is 21.4 Å². The fraction of sp³-hybridized carbons (Fsp3) is 0.571. The second kappa shape index (κ2) is 8.83. The summed E-state index contributed by atoms with van der Waals surface area (Å²) in [6.45, 7) is 0.815. The average molecular weight is 435 g/mol. The molecule has 0 spiro atoms. The first-order valence-corrected chi connectivity index (χ1v) is 12.4. The number of hydrogen-bond donors (Lipinski definition) is 1. The van der Waals surface area contributed by atoms with E-state index in [9.17, 15) is 17.6 Å². The average Bonchev–Trinajstić information content (AvgIpc) is 3.35. The van der Waals surface area contributed by atoms with Gasteiger partial charge in [0.1, 0.15) is 11.6 Å². The smallest absolute Gasteiger partial charge is 0.225 e. The highest BCUT2D eigenvalue weighted by Gasteiger charge is 2.29. The quantitative estimate of drug-likeness (QED) is 0.751. The Morgan fingerprint density at radius 1 is 1.13 bits per heavy atom. The van der Waals surface area contributed by atoms with E-state index in [0.29, 0.717) is 24.2 Å². The Bertz CT molecular complexity index is 1030. The first-order chi connectivity index (χ1) is 14.4. The minimum atomic E-state index is -3.29. The lowest BCUT2D eigenvalue weighted by Gasteiger charge is -2.12. The number of aryl methyl sites for hydroxylation is 1. The first kappa shape index (κ1) is 21.0. The maximum atomic E-state index is 14.3. The summed E-state index contributed by atoms with van der Waals surface area (Å²) < 4.78 is 41.1. The molecule has 0 atom stereocenters. The van der Waals surface area contributed by atoms with Gasteiger partial charge in [0, 0.05) is 24.9 Å². The van der Waals surface area contributed by atoms with Crippen LogP contribution in [-0.4, -0.2) is 40.1 Å². The molecule has 4 rings (SSSR count). The second-order valence-corrected chi connectivity index (χ2v) is 10.6. The summed E-state index contributed by atoms with van der Waals surface area (Å²) in [6, 6.07) is 4.46. The van der Waals surface area contributed by atoms with Crippen LogP contribution in [0.15, 0.2) is 18.2 Å². The monoisotopic (exact) mass is 434 g/mol. The van der Waals surface area contributed by atoms with Gasteiger partial charge in [0.25, 0.3) is 0 Å². The highest BCUT2D eigenvalue weighted by molar-refractivity contribution is 7.92. The molecule has 2 aliphatic rings. The number of amides is 1. The van der Waals surface area contributed by atoms with E-state index in [1.54, 1.807) is 12.1 Å². The molecule has 1 aliphatic heterocycles. The van der Waals surface area contributed by atoms with Crippen molar-refractivity contribution in [2.45, 2.75) is 69.6 Å². The molecule has 1 saturated carbocycles. The van der Waals surface area contributed by atoms with Gasteiger partial charge in [0.2, 0.25) is 5.91 Å². The zero-order chi connectivity index (χ0) is 21.1.